The van der Waals surface area contributed by atoms with Gasteiger partial charge in [-0.25, -0.2) is 4.79 Å². The van der Waals surface area contributed by atoms with Crippen LogP contribution in [0.15, 0.2) is 16.5 Å². The van der Waals surface area contributed by atoms with Gasteiger partial charge in [-0.05, 0) is 6.07 Å². The zero-order valence-corrected chi connectivity index (χ0v) is 10.1. The number of thiophene rings is 1. The van der Waals surface area contributed by atoms with E-state index >= 15 is 0 Å². The quantitative estimate of drug-likeness (QED) is 0.621. The van der Waals surface area contributed by atoms with Crippen LogP contribution in [-0.4, -0.2) is 32.8 Å². The van der Waals surface area contributed by atoms with Crippen molar-refractivity contribution in [1.29, 1.82) is 0 Å². The summed E-state index contributed by atoms with van der Waals surface area (Å²) in [6.45, 7) is -0.602. The molecule has 0 fully saturated rings. The van der Waals surface area contributed by atoms with Crippen LogP contribution in [0.2, 0.25) is 0 Å². The van der Waals surface area contributed by atoms with Crippen LogP contribution in [0.5, 0.6) is 0 Å². The summed E-state index contributed by atoms with van der Waals surface area (Å²) in [6, 6.07) is 2.84. The molecule has 100 valence electrons. The largest absolute Gasteiger partial charge is 0.480 e. The Morgan fingerprint density at radius 3 is 2.95 bits per heavy atom. The van der Waals surface area contributed by atoms with E-state index in [1.807, 2.05) is 0 Å². The molecule has 2 aromatic heterocycles. The van der Waals surface area contributed by atoms with Crippen LogP contribution in [0.4, 0.5) is 5.00 Å². The molecule has 9 nitrogen and oxygen atoms in total. The summed E-state index contributed by atoms with van der Waals surface area (Å²) in [5.41, 5.74) is 0. The lowest BCUT2D eigenvalue weighted by Crippen LogP contribution is -2.06. The number of carboxylic acids is 1. The number of carbonyl (C=O) groups is 1. The van der Waals surface area contributed by atoms with Crippen LogP contribution >= 0.6 is 11.3 Å². The third-order valence-electron chi connectivity index (χ3n) is 1.90. The molecular weight excluding hydrogens is 278 g/mol. The first-order valence-electron chi connectivity index (χ1n) is 4.93. The number of nitro groups is 1. The fraction of sp³-hybridized carbons (Fsp3) is 0.222. The highest BCUT2D eigenvalue weighted by Crippen LogP contribution is 2.31. The molecule has 2 heterocycles. The van der Waals surface area contributed by atoms with Gasteiger partial charge in [0.05, 0.1) is 9.80 Å². The molecule has 10 heteroatoms. The minimum absolute atomic E-state index is 0.0307. The van der Waals surface area contributed by atoms with E-state index < -0.39 is 17.5 Å². The molecule has 0 bridgehead atoms. The molecular formula is C9H7N3O6S. The lowest BCUT2D eigenvalue weighted by Gasteiger charge is -1.94. The lowest BCUT2D eigenvalue weighted by molar-refractivity contribution is -0.380. The van der Waals surface area contributed by atoms with Gasteiger partial charge < -0.3 is 14.3 Å². The van der Waals surface area contributed by atoms with Gasteiger partial charge in [-0.3, -0.25) is 10.1 Å². The second kappa shape index (κ2) is 5.54. The Morgan fingerprint density at radius 2 is 2.32 bits per heavy atom. The average molecular weight is 285 g/mol. The van der Waals surface area contributed by atoms with Gasteiger partial charge in [-0.1, -0.05) is 11.3 Å². The molecule has 0 saturated heterocycles. The number of aromatic nitrogens is 2. The Hall–Kier alpha value is -2.33. The van der Waals surface area contributed by atoms with Crippen LogP contribution in [-0.2, 0) is 16.1 Å². The summed E-state index contributed by atoms with van der Waals surface area (Å²) in [5.74, 6) is -0.868. The average Bonchev–Trinajstić information content (AvgIpc) is 2.95. The van der Waals surface area contributed by atoms with Crippen molar-refractivity contribution in [3.8, 4) is 10.8 Å². The van der Waals surface area contributed by atoms with E-state index in [-0.39, 0.29) is 23.4 Å². The van der Waals surface area contributed by atoms with Crippen molar-refractivity contribution in [3.63, 3.8) is 0 Å². The van der Waals surface area contributed by atoms with Crippen molar-refractivity contribution < 1.29 is 24.0 Å². The monoisotopic (exact) mass is 285 g/mol. The molecule has 0 aliphatic carbocycles. The van der Waals surface area contributed by atoms with Gasteiger partial charge >= 0.3 is 11.0 Å². The number of carboxylic acid groups (broad SMARTS) is 1. The predicted octanol–water partition coefficient (Wildman–Crippen LogP) is 1.31. The highest BCUT2D eigenvalue weighted by atomic mass is 32.1. The highest BCUT2D eigenvalue weighted by molar-refractivity contribution is 7.18. The molecule has 1 N–H and O–H groups in total. The van der Waals surface area contributed by atoms with Crippen LogP contribution < -0.4 is 0 Å². The molecule has 0 aliphatic heterocycles. The van der Waals surface area contributed by atoms with Crippen LogP contribution in [0.25, 0.3) is 10.8 Å². The summed E-state index contributed by atoms with van der Waals surface area (Å²) in [6.07, 6.45) is 0. The zero-order chi connectivity index (χ0) is 13.8. The van der Waals surface area contributed by atoms with Crippen molar-refractivity contribution in [2.24, 2.45) is 0 Å². The van der Waals surface area contributed by atoms with E-state index in [1.165, 1.54) is 12.1 Å². The van der Waals surface area contributed by atoms with E-state index in [2.05, 4.69) is 10.2 Å². The van der Waals surface area contributed by atoms with Gasteiger partial charge in [0, 0.05) is 6.07 Å². The summed E-state index contributed by atoms with van der Waals surface area (Å²) in [7, 11) is 0. The number of ether oxygens (including phenoxy) is 1. The van der Waals surface area contributed by atoms with Crippen molar-refractivity contribution in [1.82, 2.24) is 10.2 Å². The highest BCUT2D eigenvalue weighted by Gasteiger charge is 2.16. The Morgan fingerprint density at radius 1 is 1.53 bits per heavy atom. The first-order valence-corrected chi connectivity index (χ1v) is 5.74. The Balaban J connectivity index is 2.03. The molecule has 2 aromatic rings. The van der Waals surface area contributed by atoms with Crippen molar-refractivity contribution in [3.05, 3.63) is 28.1 Å². The Labute approximate surface area is 109 Å². The predicted molar refractivity (Wildman–Crippen MR) is 61.6 cm³/mol. The van der Waals surface area contributed by atoms with Crippen molar-refractivity contribution >= 4 is 22.3 Å². The molecule has 0 saturated carbocycles. The lowest BCUT2D eigenvalue weighted by atomic mass is 10.5. The van der Waals surface area contributed by atoms with Crippen LogP contribution in [0, 0.1) is 10.1 Å². The number of aliphatic carboxylic acids is 1. The maximum atomic E-state index is 10.5. The smallest absolute Gasteiger partial charge is 0.329 e. The fourth-order valence-corrected chi connectivity index (χ4v) is 1.92. The summed E-state index contributed by atoms with van der Waals surface area (Å²) >= 11 is 0.906. The van der Waals surface area contributed by atoms with Gasteiger partial charge in [-0.15, -0.1) is 10.2 Å². The van der Waals surface area contributed by atoms with E-state index in [0.717, 1.165) is 11.3 Å². The molecule has 0 unspecified atom stereocenters. The minimum Gasteiger partial charge on any atom is -0.480 e. The normalized spacial score (nSPS) is 10.5. The second-order valence-corrected chi connectivity index (χ2v) is 4.34. The third kappa shape index (κ3) is 3.33. The first kappa shape index (κ1) is 13.1. The standard InChI is InChI=1S/C9H7N3O6S/c13-8(14)4-17-3-6-10-11-9(18-6)5-1-2-7(19-5)12(15)16/h1-2H,3-4H2,(H,13,14). The molecule has 0 amide bonds. The van der Waals surface area contributed by atoms with Gasteiger partial charge in [0.25, 0.3) is 5.89 Å². The van der Waals surface area contributed by atoms with Crippen molar-refractivity contribution in [2.45, 2.75) is 6.61 Å². The molecule has 0 aliphatic rings. The van der Waals surface area contributed by atoms with Crippen molar-refractivity contribution in [2.75, 3.05) is 6.61 Å². The van der Waals surface area contributed by atoms with E-state index in [1.54, 1.807) is 0 Å². The Bertz CT molecular complexity index is 607. The first-order chi connectivity index (χ1) is 9.06. The molecule has 0 atom stereocenters. The second-order valence-electron chi connectivity index (χ2n) is 3.28. The number of rotatable bonds is 6. The SMILES string of the molecule is O=C(O)COCc1nnc(-c2ccc([N+](=O)[O-])s2)o1. The van der Waals surface area contributed by atoms with Crippen LogP contribution in [0.1, 0.15) is 5.89 Å². The van der Waals surface area contributed by atoms with E-state index in [4.69, 9.17) is 14.3 Å². The molecule has 0 radical (unpaired) electrons. The molecule has 0 aromatic carbocycles. The Kier molecular flexibility index (Phi) is 3.82. The van der Waals surface area contributed by atoms with E-state index in [0.29, 0.717) is 4.88 Å². The van der Waals surface area contributed by atoms with Crippen LogP contribution in [0.3, 0.4) is 0 Å². The van der Waals surface area contributed by atoms with Gasteiger partial charge in [0.1, 0.15) is 13.2 Å². The molecule has 0 spiro atoms. The maximum absolute atomic E-state index is 10.5. The van der Waals surface area contributed by atoms with Gasteiger partial charge in [0.2, 0.25) is 5.89 Å². The number of nitrogens with zero attached hydrogens (tertiary/aromatic N) is 3. The number of hydrogen-bond acceptors (Lipinski definition) is 8. The topological polar surface area (TPSA) is 129 Å². The van der Waals surface area contributed by atoms with Gasteiger partial charge in [-0.2, -0.15) is 0 Å². The molecule has 19 heavy (non-hydrogen) atoms. The number of hydrogen-bond donors (Lipinski definition) is 1. The zero-order valence-electron chi connectivity index (χ0n) is 9.31. The fourth-order valence-electron chi connectivity index (χ4n) is 1.18. The minimum atomic E-state index is -1.10. The summed E-state index contributed by atoms with van der Waals surface area (Å²) in [4.78, 5) is 20.7. The molecule has 2 rings (SSSR count). The third-order valence-corrected chi connectivity index (χ3v) is 2.93. The maximum Gasteiger partial charge on any atom is 0.329 e. The van der Waals surface area contributed by atoms with E-state index in [9.17, 15) is 14.9 Å². The van der Waals surface area contributed by atoms with Gasteiger partial charge in [0.15, 0.2) is 0 Å². The summed E-state index contributed by atoms with van der Waals surface area (Å²) < 4.78 is 9.97. The summed E-state index contributed by atoms with van der Waals surface area (Å²) in [5, 5.41) is 26.2.